The van der Waals surface area contributed by atoms with Crippen LogP contribution in [0.2, 0.25) is 0 Å². The van der Waals surface area contributed by atoms with Crippen molar-refractivity contribution in [2.75, 3.05) is 6.61 Å². The molecule has 0 aliphatic carbocycles. The maximum absolute atomic E-state index is 5.90. The molecule has 0 saturated carbocycles. The summed E-state index contributed by atoms with van der Waals surface area (Å²) in [7, 11) is 0. The van der Waals surface area contributed by atoms with E-state index in [0.29, 0.717) is 6.10 Å². The fourth-order valence-corrected chi connectivity index (χ4v) is 1.62. The minimum Gasteiger partial charge on any atom is -0.350 e. The summed E-state index contributed by atoms with van der Waals surface area (Å²) in [5.41, 5.74) is 0. The molecule has 1 aliphatic heterocycles. The van der Waals surface area contributed by atoms with Crippen LogP contribution in [0.25, 0.3) is 0 Å². The fourth-order valence-electron chi connectivity index (χ4n) is 1.62. The van der Waals surface area contributed by atoms with Gasteiger partial charge < -0.3 is 9.47 Å². The number of allylic oxidation sites excluding steroid dienone is 1. The van der Waals surface area contributed by atoms with E-state index in [1.165, 1.54) is 0 Å². The van der Waals surface area contributed by atoms with Crippen LogP contribution in [0.15, 0.2) is 12.2 Å². The van der Waals surface area contributed by atoms with Gasteiger partial charge in [-0.1, -0.05) is 26.0 Å². The van der Waals surface area contributed by atoms with Crippen molar-refractivity contribution in [2.45, 2.75) is 58.3 Å². The van der Waals surface area contributed by atoms with Crippen molar-refractivity contribution in [2.24, 2.45) is 0 Å². The average Bonchev–Trinajstić information content (AvgIpc) is 2.19. The fraction of sp³-hybridized carbons (Fsp3) is 0.833. The lowest BCUT2D eigenvalue weighted by Crippen LogP contribution is -2.41. The Morgan fingerprint density at radius 1 is 1.36 bits per heavy atom. The van der Waals surface area contributed by atoms with Gasteiger partial charge in [-0.15, -0.1) is 0 Å². The zero-order valence-corrected chi connectivity index (χ0v) is 9.58. The van der Waals surface area contributed by atoms with Gasteiger partial charge in [0.25, 0.3) is 0 Å². The summed E-state index contributed by atoms with van der Waals surface area (Å²) >= 11 is 0. The predicted octanol–water partition coefficient (Wildman–Crippen LogP) is 3.27. The van der Waals surface area contributed by atoms with E-state index < -0.39 is 0 Å². The number of rotatable bonds is 4. The normalized spacial score (nSPS) is 33.8. The number of hydrogen-bond donors (Lipinski definition) is 0. The summed E-state index contributed by atoms with van der Waals surface area (Å²) in [4.78, 5) is 0. The van der Waals surface area contributed by atoms with E-state index in [1.807, 2.05) is 6.92 Å². The summed E-state index contributed by atoms with van der Waals surface area (Å²) < 4.78 is 11.5. The highest BCUT2D eigenvalue weighted by molar-refractivity contribution is 4.85. The van der Waals surface area contributed by atoms with Crippen molar-refractivity contribution in [1.29, 1.82) is 0 Å². The van der Waals surface area contributed by atoms with Crippen LogP contribution in [0, 0.1) is 0 Å². The van der Waals surface area contributed by atoms with Gasteiger partial charge in [-0.2, -0.15) is 0 Å². The second kappa shape index (κ2) is 5.52. The predicted molar refractivity (Wildman–Crippen MR) is 58.2 cm³/mol. The van der Waals surface area contributed by atoms with Gasteiger partial charge in [0, 0.05) is 0 Å². The van der Waals surface area contributed by atoms with Crippen LogP contribution in [0.3, 0.4) is 0 Å². The van der Waals surface area contributed by atoms with Crippen LogP contribution in [0.4, 0.5) is 0 Å². The van der Waals surface area contributed by atoms with Gasteiger partial charge in [0.05, 0.1) is 12.7 Å². The molecule has 1 saturated heterocycles. The number of hydrogen-bond acceptors (Lipinski definition) is 2. The molecule has 0 aromatic carbocycles. The van der Waals surface area contributed by atoms with Gasteiger partial charge in [0.1, 0.15) is 0 Å². The van der Waals surface area contributed by atoms with Crippen LogP contribution in [-0.4, -0.2) is 18.5 Å². The molecule has 2 nitrogen and oxygen atoms in total. The third kappa shape index (κ3) is 3.43. The second-order valence-corrected chi connectivity index (χ2v) is 3.98. The van der Waals surface area contributed by atoms with Crippen LogP contribution >= 0.6 is 0 Å². The first-order valence-corrected chi connectivity index (χ1v) is 5.67. The Labute approximate surface area is 87.3 Å². The van der Waals surface area contributed by atoms with Gasteiger partial charge >= 0.3 is 0 Å². The molecule has 0 spiro atoms. The maximum Gasteiger partial charge on any atom is 0.165 e. The Kier molecular flexibility index (Phi) is 4.63. The largest absolute Gasteiger partial charge is 0.350 e. The highest BCUT2D eigenvalue weighted by atomic mass is 16.7. The molecule has 82 valence electrons. The first-order valence-electron chi connectivity index (χ1n) is 5.67. The van der Waals surface area contributed by atoms with Crippen molar-refractivity contribution in [3.63, 3.8) is 0 Å². The van der Waals surface area contributed by atoms with Crippen LogP contribution in [-0.2, 0) is 9.47 Å². The van der Waals surface area contributed by atoms with E-state index in [2.05, 4.69) is 26.0 Å². The number of ether oxygens (including phenoxy) is 2. The molecule has 1 rings (SSSR count). The zero-order valence-electron chi connectivity index (χ0n) is 9.58. The second-order valence-electron chi connectivity index (χ2n) is 3.98. The summed E-state index contributed by atoms with van der Waals surface area (Å²) in [5.74, 6) is -0.344. The van der Waals surface area contributed by atoms with E-state index in [1.54, 1.807) is 0 Å². The molecule has 0 bridgehead atoms. The molecular formula is C12H22O2. The molecule has 0 amide bonds. The van der Waals surface area contributed by atoms with Crippen LogP contribution in [0.1, 0.15) is 46.5 Å². The molecule has 2 heteroatoms. The topological polar surface area (TPSA) is 18.5 Å². The molecule has 0 unspecified atom stereocenters. The zero-order chi connectivity index (χ0) is 10.4. The van der Waals surface area contributed by atoms with E-state index >= 15 is 0 Å². The van der Waals surface area contributed by atoms with Gasteiger partial charge in [0.2, 0.25) is 0 Å². The summed E-state index contributed by atoms with van der Waals surface area (Å²) in [6, 6.07) is 0. The Morgan fingerprint density at radius 2 is 2.14 bits per heavy atom. The third-order valence-electron chi connectivity index (χ3n) is 2.71. The van der Waals surface area contributed by atoms with E-state index in [0.717, 1.165) is 32.3 Å². The lowest BCUT2D eigenvalue weighted by Gasteiger charge is -2.37. The minimum atomic E-state index is -0.344. The average molecular weight is 198 g/mol. The van der Waals surface area contributed by atoms with E-state index in [9.17, 15) is 0 Å². The summed E-state index contributed by atoms with van der Waals surface area (Å²) in [5, 5.41) is 0. The molecule has 2 atom stereocenters. The summed E-state index contributed by atoms with van der Waals surface area (Å²) in [6.45, 7) is 7.11. The molecule has 0 radical (unpaired) electrons. The molecular weight excluding hydrogens is 176 g/mol. The lowest BCUT2D eigenvalue weighted by atomic mass is 10.1. The monoisotopic (exact) mass is 198 g/mol. The highest BCUT2D eigenvalue weighted by Crippen LogP contribution is 2.27. The Bertz CT molecular complexity index is 189. The Morgan fingerprint density at radius 3 is 2.79 bits per heavy atom. The smallest absolute Gasteiger partial charge is 0.165 e. The quantitative estimate of drug-likeness (QED) is 0.645. The van der Waals surface area contributed by atoms with Gasteiger partial charge in [-0.25, -0.2) is 0 Å². The van der Waals surface area contributed by atoms with Crippen molar-refractivity contribution in [3.05, 3.63) is 12.2 Å². The standard InChI is InChI=1S/C12H22O2/c1-4-6-7-8-11-9-10-13-12(3,5-2)14-11/h6-7,11H,4-5,8-10H2,1-3H3/b7-6+/t11-,12+/m1/s1. The van der Waals surface area contributed by atoms with Crippen LogP contribution in [0.5, 0.6) is 0 Å². The Hall–Kier alpha value is -0.340. The van der Waals surface area contributed by atoms with E-state index in [4.69, 9.17) is 9.47 Å². The molecule has 1 fully saturated rings. The molecule has 14 heavy (non-hydrogen) atoms. The van der Waals surface area contributed by atoms with Crippen molar-refractivity contribution >= 4 is 0 Å². The van der Waals surface area contributed by atoms with Gasteiger partial charge in [-0.3, -0.25) is 0 Å². The maximum atomic E-state index is 5.90. The SMILES string of the molecule is CC/C=C/C[C@@H]1CCO[C@](C)(CC)O1. The van der Waals surface area contributed by atoms with Crippen LogP contribution < -0.4 is 0 Å². The van der Waals surface area contributed by atoms with E-state index in [-0.39, 0.29) is 5.79 Å². The van der Waals surface area contributed by atoms with Gasteiger partial charge in [0.15, 0.2) is 5.79 Å². The third-order valence-corrected chi connectivity index (χ3v) is 2.71. The first-order chi connectivity index (χ1) is 6.70. The highest BCUT2D eigenvalue weighted by Gasteiger charge is 2.31. The summed E-state index contributed by atoms with van der Waals surface area (Å²) in [6.07, 6.45) is 8.82. The first kappa shape index (κ1) is 11.7. The van der Waals surface area contributed by atoms with Crippen molar-refractivity contribution < 1.29 is 9.47 Å². The van der Waals surface area contributed by atoms with Crippen molar-refractivity contribution in [1.82, 2.24) is 0 Å². The van der Waals surface area contributed by atoms with Crippen molar-refractivity contribution in [3.8, 4) is 0 Å². The molecule has 0 aromatic heterocycles. The molecule has 0 N–H and O–H groups in total. The minimum absolute atomic E-state index is 0.344. The Balaban J connectivity index is 2.36. The lowest BCUT2D eigenvalue weighted by molar-refractivity contribution is -0.283. The van der Waals surface area contributed by atoms with Gasteiger partial charge in [-0.05, 0) is 32.6 Å². The molecule has 0 aromatic rings. The molecule has 1 aliphatic rings. The molecule has 1 heterocycles.